The van der Waals surface area contributed by atoms with Crippen molar-refractivity contribution in [1.82, 2.24) is 0 Å². The quantitative estimate of drug-likeness (QED) is 0.801. The summed E-state index contributed by atoms with van der Waals surface area (Å²) in [5, 5.41) is 8.86. The van der Waals surface area contributed by atoms with Crippen molar-refractivity contribution in [2.45, 2.75) is 77.7 Å². The van der Waals surface area contributed by atoms with Gasteiger partial charge in [-0.1, -0.05) is 0 Å². The Labute approximate surface area is 120 Å². The molecule has 0 aromatic heterocycles. The van der Waals surface area contributed by atoms with Crippen LogP contribution in [0.25, 0.3) is 0 Å². The molecule has 1 N–H and O–H groups in total. The summed E-state index contributed by atoms with van der Waals surface area (Å²) < 4.78 is 5.59. The van der Waals surface area contributed by atoms with Gasteiger partial charge in [0.25, 0.3) is 0 Å². The summed E-state index contributed by atoms with van der Waals surface area (Å²) in [5.74, 6) is -0.759. The zero-order valence-electron chi connectivity index (χ0n) is 12.8. The van der Waals surface area contributed by atoms with Crippen molar-refractivity contribution >= 4 is 11.9 Å². The molecule has 3 aliphatic rings. The van der Waals surface area contributed by atoms with Crippen LogP contribution in [0, 0.1) is 10.8 Å². The number of carbonyl (C=O) groups excluding carboxylic acids is 1. The molecule has 4 nitrogen and oxygen atoms in total. The fraction of sp³-hybridized carbons (Fsp3) is 0.875. The number of aliphatic carboxylic acids is 1. The highest BCUT2D eigenvalue weighted by Crippen LogP contribution is 2.59. The highest BCUT2D eigenvalue weighted by molar-refractivity contribution is 5.77. The van der Waals surface area contributed by atoms with Crippen molar-refractivity contribution in [1.29, 1.82) is 0 Å². The molecule has 3 fully saturated rings. The number of carbonyl (C=O) groups is 2. The molecule has 0 aliphatic heterocycles. The molecule has 0 radical (unpaired) electrons. The maximum Gasteiger partial charge on any atom is 0.312 e. The van der Waals surface area contributed by atoms with Crippen LogP contribution < -0.4 is 0 Å². The molecule has 0 unspecified atom stereocenters. The minimum absolute atomic E-state index is 0.0449. The van der Waals surface area contributed by atoms with Crippen LogP contribution in [0.2, 0.25) is 0 Å². The molecule has 114 valence electrons. The maximum atomic E-state index is 12.4. The molecule has 3 saturated carbocycles. The lowest BCUT2D eigenvalue weighted by atomic mass is 9.52. The van der Waals surface area contributed by atoms with Gasteiger partial charge in [0, 0.05) is 6.42 Å². The van der Waals surface area contributed by atoms with Crippen LogP contribution in [0.1, 0.15) is 72.1 Å². The molecule has 0 amide bonds. The Balaban J connectivity index is 1.98. The molecule has 3 rings (SSSR count). The van der Waals surface area contributed by atoms with Crippen LogP contribution in [0.4, 0.5) is 0 Å². The normalized spacial score (nSPS) is 33.0. The summed E-state index contributed by atoms with van der Waals surface area (Å²) in [6, 6.07) is 0. The van der Waals surface area contributed by atoms with Crippen LogP contribution >= 0.6 is 0 Å². The Morgan fingerprint density at radius 1 is 1.05 bits per heavy atom. The lowest BCUT2D eigenvalue weighted by molar-refractivity contribution is -0.178. The molecular weight excluding hydrogens is 256 g/mol. The predicted molar refractivity (Wildman–Crippen MR) is 75.3 cm³/mol. The number of rotatable bonds is 4. The average molecular weight is 282 g/mol. The maximum absolute atomic E-state index is 12.4. The van der Waals surface area contributed by atoms with Crippen molar-refractivity contribution in [3.8, 4) is 0 Å². The van der Waals surface area contributed by atoms with E-state index >= 15 is 0 Å². The summed E-state index contributed by atoms with van der Waals surface area (Å²) in [4.78, 5) is 23.2. The highest BCUT2D eigenvalue weighted by atomic mass is 16.6. The summed E-state index contributed by atoms with van der Waals surface area (Å²) in [5.41, 5.74) is -0.554. The number of esters is 1. The van der Waals surface area contributed by atoms with E-state index in [0.717, 1.165) is 44.9 Å². The SMILES string of the molecule is CC(C)(C)OC(=O)C12CCC(CCC(=O)O)(CC1)CC2. The Morgan fingerprint density at radius 2 is 1.55 bits per heavy atom. The second kappa shape index (κ2) is 5.05. The van der Waals surface area contributed by atoms with E-state index in [-0.39, 0.29) is 23.2 Å². The minimum atomic E-state index is -0.714. The van der Waals surface area contributed by atoms with Gasteiger partial charge in [-0.3, -0.25) is 9.59 Å². The van der Waals surface area contributed by atoms with Crippen LogP contribution in [-0.2, 0) is 14.3 Å². The fourth-order valence-corrected chi connectivity index (χ4v) is 3.70. The molecule has 0 saturated heterocycles. The molecule has 4 heteroatoms. The third-order valence-corrected chi connectivity index (χ3v) is 5.10. The van der Waals surface area contributed by atoms with Gasteiger partial charge in [-0.2, -0.15) is 0 Å². The smallest absolute Gasteiger partial charge is 0.312 e. The number of carboxylic acids is 1. The van der Waals surface area contributed by atoms with Crippen molar-refractivity contribution in [3.05, 3.63) is 0 Å². The predicted octanol–water partition coefficient (Wildman–Crippen LogP) is 3.53. The van der Waals surface area contributed by atoms with Gasteiger partial charge in [-0.25, -0.2) is 0 Å². The topological polar surface area (TPSA) is 63.6 Å². The first kappa shape index (κ1) is 15.3. The first-order valence-corrected chi connectivity index (χ1v) is 7.62. The molecule has 0 spiro atoms. The van der Waals surface area contributed by atoms with E-state index in [1.54, 1.807) is 0 Å². The van der Waals surface area contributed by atoms with Gasteiger partial charge in [-0.15, -0.1) is 0 Å². The third kappa shape index (κ3) is 3.15. The fourth-order valence-electron chi connectivity index (χ4n) is 3.70. The average Bonchev–Trinajstić information content (AvgIpc) is 2.37. The van der Waals surface area contributed by atoms with E-state index in [4.69, 9.17) is 9.84 Å². The third-order valence-electron chi connectivity index (χ3n) is 5.10. The Hall–Kier alpha value is -1.06. The molecule has 0 aromatic carbocycles. The largest absolute Gasteiger partial charge is 0.481 e. The number of hydrogen-bond acceptors (Lipinski definition) is 3. The summed E-state index contributed by atoms with van der Waals surface area (Å²) >= 11 is 0. The molecule has 20 heavy (non-hydrogen) atoms. The van der Waals surface area contributed by atoms with Crippen molar-refractivity contribution in [2.75, 3.05) is 0 Å². The van der Waals surface area contributed by atoms with Gasteiger partial charge in [0.15, 0.2) is 0 Å². The summed E-state index contributed by atoms with van der Waals surface area (Å²) in [6.45, 7) is 5.72. The van der Waals surface area contributed by atoms with Gasteiger partial charge in [-0.05, 0) is 71.1 Å². The van der Waals surface area contributed by atoms with E-state index in [9.17, 15) is 9.59 Å². The van der Waals surface area contributed by atoms with Crippen molar-refractivity contribution < 1.29 is 19.4 Å². The van der Waals surface area contributed by atoms with Crippen LogP contribution in [0.15, 0.2) is 0 Å². The van der Waals surface area contributed by atoms with E-state index in [1.165, 1.54) is 0 Å². The molecule has 0 aromatic rings. The van der Waals surface area contributed by atoms with Crippen LogP contribution in [0.5, 0.6) is 0 Å². The van der Waals surface area contributed by atoms with Gasteiger partial charge in [0.1, 0.15) is 5.60 Å². The summed E-state index contributed by atoms with van der Waals surface area (Å²) in [7, 11) is 0. The number of hydrogen-bond donors (Lipinski definition) is 1. The Bertz CT molecular complexity index is 381. The molecular formula is C16H26O4. The van der Waals surface area contributed by atoms with Crippen LogP contribution in [0.3, 0.4) is 0 Å². The van der Waals surface area contributed by atoms with E-state index < -0.39 is 11.6 Å². The van der Waals surface area contributed by atoms with E-state index in [2.05, 4.69) is 0 Å². The van der Waals surface area contributed by atoms with Gasteiger partial charge in [0.05, 0.1) is 5.41 Å². The highest BCUT2D eigenvalue weighted by Gasteiger charge is 2.53. The number of carboxylic acid groups (broad SMARTS) is 1. The summed E-state index contributed by atoms with van der Waals surface area (Å²) in [6.07, 6.45) is 6.51. The van der Waals surface area contributed by atoms with Crippen molar-refractivity contribution in [3.63, 3.8) is 0 Å². The molecule has 3 aliphatic carbocycles. The zero-order chi connectivity index (χ0) is 15.0. The Morgan fingerprint density at radius 3 is 1.95 bits per heavy atom. The van der Waals surface area contributed by atoms with Gasteiger partial charge >= 0.3 is 11.9 Å². The Kier molecular flexibility index (Phi) is 3.87. The first-order valence-electron chi connectivity index (χ1n) is 7.62. The number of fused-ring (bicyclic) bond motifs is 3. The monoisotopic (exact) mass is 282 g/mol. The molecule has 2 bridgehead atoms. The second-order valence-corrected chi connectivity index (χ2v) is 7.68. The van der Waals surface area contributed by atoms with Crippen LogP contribution in [-0.4, -0.2) is 22.6 Å². The van der Waals surface area contributed by atoms with Gasteiger partial charge < -0.3 is 9.84 Å². The molecule has 0 heterocycles. The lowest BCUT2D eigenvalue weighted by Crippen LogP contribution is -2.48. The second-order valence-electron chi connectivity index (χ2n) is 7.68. The zero-order valence-corrected chi connectivity index (χ0v) is 12.8. The van der Waals surface area contributed by atoms with E-state index in [0.29, 0.717) is 0 Å². The first-order chi connectivity index (χ1) is 9.17. The minimum Gasteiger partial charge on any atom is -0.481 e. The van der Waals surface area contributed by atoms with Crippen molar-refractivity contribution in [2.24, 2.45) is 10.8 Å². The number of ether oxygens (including phenoxy) is 1. The lowest BCUT2D eigenvalue weighted by Gasteiger charge is -2.52. The molecule has 0 atom stereocenters. The van der Waals surface area contributed by atoms with E-state index in [1.807, 2.05) is 20.8 Å². The standard InChI is InChI=1S/C16H26O4/c1-14(2,3)20-13(19)16-9-6-15(7-10-16,8-11-16)5-4-12(17)18/h4-11H2,1-3H3,(H,17,18). The van der Waals surface area contributed by atoms with Gasteiger partial charge in [0.2, 0.25) is 0 Å².